The number of hydrogen-bond acceptors (Lipinski definition) is 4. The number of nitrogens with one attached hydrogen (secondary N) is 1. The van der Waals surface area contributed by atoms with E-state index >= 15 is 0 Å². The highest BCUT2D eigenvalue weighted by molar-refractivity contribution is 6.30. The minimum Gasteiger partial charge on any atom is -0.322 e. The van der Waals surface area contributed by atoms with Crippen molar-refractivity contribution in [1.29, 1.82) is 0 Å². The Hall–Kier alpha value is -5.59. The van der Waals surface area contributed by atoms with Gasteiger partial charge in [-0.3, -0.25) is 9.59 Å². The van der Waals surface area contributed by atoms with Crippen LogP contribution >= 0.6 is 11.6 Å². The van der Waals surface area contributed by atoms with Crippen LogP contribution in [0.5, 0.6) is 0 Å². The van der Waals surface area contributed by atoms with Crippen LogP contribution < -0.4 is 5.32 Å². The summed E-state index contributed by atoms with van der Waals surface area (Å²) >= 11 is 6.11. The molecule has 0 radical (unpaired) electrons. The molecule has 6 aromatic rings. The van der Waals surface area contributed by atoms with Crippen LogP contribution in [0, 0.1) is 5.92 Å². The van der Waals surface area contributed by atoms with Crippen molar-refractivity contribution < 1.29 is 9.59 Å². The lowest BCUT2D eigenvalue weighted by Gasteiger charge is -2.38. The van der Waals surface area contributed by atoms with Crippen molar-refractivity contribution in [2.24, 2.45) is 10.9 Å². The van der Waals surface area contributed by atoms with E-state index in [1.165, 1.54) is 11.1 Å². The Labute approximate surface area is 303 Å². The van der Waals surface area contributed by atoms with Gasteiger partial charge in [0.25, 0.3) is 5.91 Å². The molecule has 0 aliphatic carbocycles. The summed E-state index contributed by atoms with van der Waals surface area (Å²) in [6, 6.07) is 43.5. The Bertz CT molecular complexity index is 2160. The molecule has 6 nitrogen and oxygen atoms in total. The second-order valence-corrected chi connectivity index (χ2v) is 13.3. The number of benzene rings is 5. The zero-order valence-electron chi connectivity index (χ0n) is 28.7. The van der Waals surface area contributed by atoms with Crippen LogP contribution in [0.1, 0.15) is 80.8 Å². The molecule has 1 aromatic heterocycles. The van der Waals surface area contributed by atoms with Gasteiger partial charge in [-0.2, -0.15) is 5.10 Å². The van der Waals surface area contributed by atoms with Gasteiger partial charge in [-0.05, 0) is 64.9 Å². The van der Waals surface area contributed by atoms with Gasteiger partial charge < -0.3 is 5.32 Å². The maximum atomic E-state index is 14.3. The van der Waals surface area contributed by atoms with E-state index in [1.54, 1.807) is 30.5 Å². The minimum atomic E-state index is -0.378. The minimum absolute atomic E-state index is 0.0632. The first-order chi connectivity index (χ1) is 24.9. The first kappa shape index (κ1) is 33.9. The molecular weight excluding hydrogens is 652 g/mol. The number of amides is 1. The number of anilines is 1. The molecule has 0 saturated carbocycles. The van der Waals surface area contributed by atoms with Crippen LogP contribution in [0.2, 0.25) is 5.02 Å². The van der Waals surface area contributed by atoms with Gasteiger partial charge in [0.2, 0.25) is 0 Å². The van der Waals surface area contributed by atoms with E-state index in [-0.39, 0.29) is 36.0 Å². The second-order valence-electron chi connectivity index (χ2n) is 12.9. The van der Waals surface area contributed by atoms with E-state index in [0.29, 0.717) is 27.7 Å². The second kappa shape index (κ2) is 15.1. The van der Waals surface area contributed by atoms with Crippen molar-refractivity contribution in [2.45, 2.75) is 45.1 Å². The van der Waals surface area contributed by atoms with E-state index in [1.807, 2.05) is 65.3 Å². The third kappa shape index (κ3) is 7.19. The molecule has 0 unspecified atom stereocenters. The van der Waals surface area contributed by atoms with Gasteiger partial charge in [0.1, 0.15) is 5.56 Å². The van der Waals surface area contributed by atoms with E-state index in [4.69, 9.17) is 21.7 Å². The smallest absolute Gasteiger partial charge is 0.261 e. The van der Waals surface area contributed by atoms with Crippen LogP contribution in [0.25, 0.3) is 0 Å². The molecule has 51 heavy (non-hydrogen) atoms. The molecular formula is C44H39ClN4O2. The standard InChI is InChI=1S/C44H39ClN4O2/c1-3-29-15-19-32(20-16-29)39(50)27-37(31-11-7-5-8-12-31)40-41(33-21-17-30(4-2)18-22-33)48-43-38(44(51)47-36-25-23-35(45)24-26-36)28-46-49(43)42(40)34-13-9-6-10-14-34/h5-26,28,37,40,42H,3-4,27H2,1-2H3,(H,47,51)/t37-,40+,42+/m1/s1. The van der Waals surface area contributed by atoms with E-state index < -0.39 is 0 Å². The number of carbonyl (C=O) groups is 2. The molecule has 1 aliphatic rings. The molecule has 1 N–H and O–H groups in total. The summed E-state index contributed by atoms with van der Waals surface area (Å²) in [6.07, 6.45) is 3.67. The lowest BCUT2D eigenvalue weighted by atomic mass is 9.71. The average molecular weight is 691 g/mol. The quantitative estimate of drug-likeness (QED) is 0.138. The van der Waals surface area contributed by atoms with Gasteiger partial charge in [-0.1, -0.05) is 135 Å². The number of carbonyl (C=O) groups excluding carboxylic acids is 2. The number of aryl methyl sites for hydroxylation is 2. The lowest BCUT2D eigenvalue weighted by Crippen LogP contribution is -2.37. The highest BCUT2D eigenvalue weighted by Gasteiger charge is 2.43. The van der Waals surface area contributed by atoms with Gasteiger partial charge in [-0.25, -0.2) is 9.67 Å². The number of ketones is 1. The summed E-state index contributed by atoms with van der Waals surface area (Å²) in [4.78, 5) is 33.5. The van der Waals surface area contributed by atoms with Gasteiger partial charge in [0, 0.05) is 34.5 Å². The zero-order chi connectivity index (χ0) is 35.3. The molecule has 254 valence electrons. The Morgan fingerprint density at radius 1 is 0.765 bits per heavy atom. The van der Waals surface area contributed by atoms with Crippen LogP contribution in [0.4, 0.5) is 11.5 Å². The Morgan fingerprint density at radius 2 is 1.37 bits per heavy atom. The predicted octanol–water partition coefficient (Wildman–Crippen LogP) is 10.3. The van der Waals surface area contributed by atoms with Crippen molar-refractivity contribution in [1.82, 2.24) is 9.78 Å². The van der Waals surface area contributed by atoms with Crippen LogP contribution in [-0.2, 0) is 12.8 Å². The van der Waals surface area contributed by atoms with E-state index in [9.17, 15) is 9.59 Å². The highest BCUT2D eigenvalue weighted by atomic mass is 35.5. The third-order valence-corrected chi connectivity index (χ3v) is 10.1. The van der Waals surface area contributed by atoms with Gasteiger partial charge >= 0.3 is 0 Å². The molecule has 0 saturated heterocycles. The summed E-state index contributed by atoms with van der Waals surface area (Å²) < 4.78 is 1.87. The number of rotatable bonds is 11. The predicted molar refractivity (Wildman–Crippen MR) is 206 cm³/mol. The molecule has 7 heteroatoms. The highest BCUT2D eigenvalue weighted by Crippen LogP contribution is 2.47. The van der Waals surface area contributed by atoms with E-state index in [0.717, 1.165) is 35.2 Å². The molecule has 1 aliphatic heterocycles. The van der Waals surface area contributed by atoms with Crippen LogP contribution in [0.3, 0.4) is 0 Å². The van der Waals surface area contributed by atoms with Gasteiger partial charge in [0.15, 0.2) is 11.6 Å². The maximum Gasteiger partial charge on any atom is 0.261 e. The number of aromatic nitrogens is 2. The topological polar surface area (TPSA) is 76.3 Å². The molecule has 1 amide bonds. The summed E-state index contributed by atoms with van der Waals surface area (Å²) in [5.41, 5.74) is 7.86. The summed E-state index contributed by atoms with van der Waals surface area (Å²) in [5, 5.41) is 8.45. The van der Waals surface area contributed by atoms with Gasteiger partial charge in [-0.15, -0.1) is 0 Å². The van der Waals surface area contributed by atoms with Crippen molar-refractivity contribution >= 4 is 40.5 Å². The van der Waals surface area contributed by atoms with Crippen molar-refractivity contribution in [3.05, 3.63) is 184 Å². The number of hydrogen-bond donors (Lipinski definition) is 1. The SMILES string of the molecule is CCc1ccc(C(=O)C[C@H](c2ccccc2)[C@H]2C(c3ccc(CC)cc3)=Nc3c(C(=O)Nc4ccc(Cl)cc4)cnn3[C@H]2c2ccccc2)cc1. The average Bonchev–Trinajstić information content (AvgIpc) is 3.62. The fraction of sp³-hybridized carbons (Fsp3) is 0.182. The van der Waals surface area contributed by atoms with Crippen LogP contribution in [0.15, 0.2) is 145 Å². The number of Topliss-reactive ketones (excluding diaryl/α,β-unsaturated/α-hetero) is 1. The summed E-state index contributed by atoms with van der Waals surface area (Å²) in [7, 11) is 0. The van der Waals surface area contributed by atoms with Crippen molar-refractivity contribution in [2.75, 3.05) is 5.32 Å². The van der Waals surface area contributed by atoms with Crippen molar-refractivity contribution in [3.8, 4) is 0 Å². The zero-order valence-corrected chi connectivity index (χ0v) is 29.4. The number of halogens is 1. The van der Waals surface area contributed by atoms with Crippen molar-refractivity contribution in [3.63, 3.8) is 0 Å². The Morgan fingerprint density at radius 3 is 2.00 bits per heavy atom. The van der Waals surface area contributed by atoms with E-state index in [2.05, 4.69) is 67.7 Å². The lowest BCUT2D eigenvalue weighted by molar-refractivity contribution is 0.0964. The molecule has 2 heterocycles. The molecule has 3 atom stereocenters. The first-order valence-corrected chi connectivity index (χ1v) is 17.9. The number of nitrogens with zero attached hydrogens (tertiary/aromatic N) is 3. The summed E-state index contributed by atoms with van der Waals surface area (Å²) in [6.45, 7) is 4.24. The fourth-order valence-corrected chi connectivity index (χ4v) is 7.15. The summed E-state index contributed by atoms with van der Waals surface area (Å²) in [5.74, 6) is -0.384. The molecule has 5 aromatic carbocycles. The normalized spacial score (nSPS) is 15.8. The monoisotopic (exact) mass is 690 g/mol. The molecule has 0 spiro atoms. The fourth-order valence-electron chi connectivity index (χ4n) is 7.03. The maximum absolute atomic E-state index is 14.3. The number of aliphatic imine (C=N–C) groups is 1. The Kier molecular flexibility index (Phi) is 10.0. The molecule has 0 bridgehead atoms. The van der Waals surface area contributed by atoms with Crippen LogP contribution in [-0.4, -0.2) is 27.2 Å². The molecule has 7 rings (SSSR count). The Balaban J connectivity index is 1.41. The number of fused-ring (bicyclic) bond motifs is 1. The molecule has 0 fully saturated rings. The van der Waals surface area contributed by atoms with Gasteiger partial charge in [0.05, 0.1) is 18.0 Å². The first-order valence-electron chi connectivity index (χ1n) is 17.5. The third-order valence-electron chi connectivity index (χ3n) is 9.81. The largest absolute Gasteiger partial charge is 0.322 e.